The molecule has 1 aliphatic rings. The van der Waals surface area contributed by atoms with Gasteiger partial charge in [-0.2, -0.15) is 0 Å². The van der Waals surface area contributed by atoms with Gasteiger partial charge in [0.1, 0.15) is 11.4 Å². The van der Waals surface area contributed by atoms with E-state index in [-0.39, 0.29) is 16.8 Å². The van der Waals surface area contributed by atoms with E-state index in [0.29, 0.717) is 39.6 Å². The summed E-state index contributed by atoms with van der Waals surface area (Å²) in [5, 5.41) is 0.418. The maximum atomic E-state index is 13.9. The number of amides is 1. The van der Waals surface area contributed by atoms with Crippen molar-refractivity contribution in [2.75, 3.05) is 26.2 Å². The van der Waals surface area contributed by atoms with E-state index in [4.69, 9.17) is 18.6 Å². The molecule has 4 aromatic rings. The first-order valence-corrected chi connectivity index (χ1v) is 11.4. The van der Waals surface area contributed by atoms with Crippen LogP contribution in [-0.2, 0) is 0 Å². The Morgan fingerprint density at radius 1 is 0.889 bits per heavy atom. The lowest BCUT2D eigenvalue weighted by Crippen LogP contribution is -2.30. The quantitative estimate of drug-likeness (QED) is 0.397. The molecule has 0 bridgehead atoms. The van der Waals surface area contributed by atoms with Crippen LogP contribution < -0.4 is 24.5 Å². The fourth-order valence-electron chi connectivity index (χ4n) is 4.69. The summed E-state index contributed by atoms with van der Waals surface area (Å²) >= 11 is 0. The Bertz CT molecular complexity index is 1560. The molecule has 8 nitrogen and oxygen atoms in total. The van der Waals surface area contributed by atoms with Gasteiger partial charge in [-0.3, -0.25) is 14.5 Å². The number of ether oxygens (including phenoxy) is 3. The number of anilines is 1. The number of carbonyl (C=O) groups is 1. The number of benzene rings is 2. The molecular weight excluding hydrogens is 460 g/mol. The summed E-state index contributed by atoms with van der Waals surface area (Å²) in [6.07, 6.45) is 1.63. The van der Waals surface area contributed by atoms with Crippen molar-refractivity contribution in [3.8, 4) is 17.2 Å². The van der Waals surface area contributed by atoms with Gasteiger partial charge >= 0.3 is 0 Å². The lowest BCUT2D eigenvalue weighted by molar-refractivity contribution is 0.0970. The molecule has 0 radical (unpaired) electrons. The number of rotatable bonds is 5. The van der Waals surface area contributed by atoms with E-state index in [1.54, 1.807) is 36.5 Å². The molecule has 1 atom stereocenters. The molecule has 0 saturated carbocycles. The van der Waals surface area contributed by atoms with E-state index in [1.807, 2.05) is 26.8 Å². The van der Waals surface area contributed by atoms with Crippen LogP contribution in [0.25, 0.3) is 11.0 Å². The van der Waals surface area contributed by atoms with Gasteiger partial charge < -0.3 is 18.6 Å². The lowest BCUT2D eigenvalue weighted by Gasteiger charge is -2.25. The molecule has 0 N–H and O–H groups in total. The van der Waals surface area contributed by atoms with E-state index >= 15 is 0 Å². The van der Waals surface area contributed by atoms with Crippen molar-refractivity contribution in [1.82, 2.24) is 4.98 Å². The van der Waals surface area contributed by atoms with Crippen LogP contribution in [0.3, 0.4) is 0 Å². The van der Waals surface area contributed by atoms with Crippen LogP contribution in [0.4, 0.5) is 5.82 Å². The number of hydrogen-bond donors (Lipinski definition) is 0. The van der Waals surface area contributed by atoms with E-state index in [1.165, 1.54) is 26.2 Å². The van der Waals surface area contributed by atoms with Gasteiger partial charge in [0.2, 0.25) is 11.5 Å². The highest BCUT2D eigenvalue weighted by Gasteiger charge is 2.45. The summed E-state index contributed by atoms with van der Waals surface area (Å²) in [6, 6.07) is 9.89. The Morgan fingerprint density at radius 2 is 1.56 bits per heavy atom. The first kappa shape index (κ1) is 23.4. The zero-order valence-corrected chi connectivity index (χ0v) is 21.0. The normalized spacial score (nSPS) is 14.8. The number of fused-ring (bicyclic) bond motifs is 2. The molecule has 0 spiro atoms. The summed E-state index contributed by atoms with van der Waals surface area (Å²) in [5.41, 5.74) is 3.79. The van der Waals surface area contributed by atoms with Crippen molar-refractivity contribution >= 4 is 22.7 Å². The molecule has 36 heavy (non-hydrogen) atoms. The average molecular weight is 487 g/mol. The Morgan fingerprint density at radius 3 is 2.17 bits per heavy atom. The second kappa shape index (κ2) is 8.71. The smallest absolute Gasteiger partial charge is 0.296 e. The fourth-order valence-corrected chi connectivity index (χ4v) is 4.69. The third kappa shape index (κ3) is 3.48. The van der Waals surface area contributed by atoms with Gasteiger partial charge in [-0.15, -0.1) is 0 Å². The van der Waals surface area contributed by atoms with E-state index < -0.39 is 11.9 Å². The van der Waals surface area contributed by atoms with Crippen molar-refractivity contribution in [3.63, 3.8) is 0 Å². The minimum atomic E-state index is -0.822. The Balaban J connectivity index is 1.86. The molecule has 1 amide bonds. The van der Waals surface area contributed by atoms with E-state index in [0.717, 1.165) is 16.7 Å². The summed E-state index contributed by atoms with van der Waals surface area (Å²) in [7, 11) is 4.55. The molecule has 3 heterocycles. The standard InChI is InChI=1S/C28H26N2O6/c1-14-7-8-29-22(9-14)30-24(17-12-20(33-4)26(35-6)21(13-17)34-5)23-25(31)18-10-15(2)16(3)11-19(18)36-27(23)28(30)32/h7-13,24H,1-6H3/t24-/m0/s1. The predicted molar refractivity (Wildman–Crippen MR) is 136 cm³/mol. The van der Waals surface area contributed by atoms with Gasteiger partial charge in [-0.25, -0.2) is 4.98 Å². The van der Waals surface area contributed by atoms with Crippen molar-refractivity contribution in [2.45, 2.75) is 26.8 Å². The van der Waals surface area contributed by atoms with Crippen LogP contribution in [-0.4, -0.2) is 32.2 Å². The Hall–Kier alpha value is -4.33. The molecule has 5 rings (SSSR count). The van der Waals surface area contributed by atoms with Gasteiger partial charge in [-0.05, 0) is 79.4 Å². The fraction of sp³-hybridized carbons (Fsp3) is 0.250. The number of hydrogen-bond acceptors (Lipinski definition) is 7. The van der Waals surface area contributed by atoms with Crippen LogP contribution in [0.1, 0.15) is 44.4 Å². The van der Waals surface area contributed by atoms with Crippen LogP contribution in [0.5, 0.6) is 17.2 Å². The summed E-state index contributed by atoms with van der Waals surface area (Å²) < 4.78 is 22.7. The van der Waals surface area contributed by atoms with Crippen molar-refractivity contribution < 1.29 is 23.4 Å². The highest BCUT2D eigenvalue weighted by Crippen LogP contribution is 2.46. The molecule has 0 fully saturated rings. The van der Waals surface area contributed by atoms with Crippen LogP contribution in [0, 0.1) is 20.8 Å². The first-order valence-electron chi connectivity index (χ1n) is 11.4. The largest absolute Gasteiger partial charge is 0.493 e. The lowest BCUT2D eigenvalue weighted by atomic mass is 9.96. The molecule has 2 aromatic carbocycles. The van der Waals surface area contributed by atoms with Gasteiger partial charge in [0.25, 0.3) is 5.91 Å². The van der Waals surface area contributed by atoms with Crippen molar-refractivity contribution in [1.29, 1.82) is 0 Å². The van der Waals surface area contributed by atoms with E-state index in [9.17, 15) is 9.59 Å². The third-order valence-corrected chi connectivity index (χ3v) is 6.64. The summed E-state index contributed by atoms with van der Waals surface area (Å²) in [4.78, 5) is 33.7. The molecule has 1 aliphatic heterocycles. The number of carbonyl (C=O) groups excluding carboxylic acids is 1. The molecular formula is C28H26N2O6. The predicted octanol–water partition coefficient (Wildman–Crippen LogP) is 4.89. The van der Waals surface area contributed by atoms with Gasteiger partial charge in [0.15, 0.2) is 16.9 Å². The second-order valence-corrected chi connectivity index (χ2v) is 8.83. The minimum Gasteiger partial charge on any atom is -0.493 e. The highest BCUT2D eigenvalue weighted by molar-refractivity contribution is 6.10. The molecule has 0 unspecified atom stereocenters. The topological polar surface area (TPSA) is 91.1 Å². The molecule has 0 saturated heterocycles. The molecule has 184 valence electrons. The van der Waals surface area contributed by atoms with Crippen LogP contribution in [0.2, 0.25) is 0 Å². The molecule has 2 aromatic heterocycles. The van der Waals surface area contributed by atoms with Crippen LogP contribution >= 0.6 is 0 Å². The Labute approximate surface area is 208 Å². The highest BCUT2D eigenvalue weighted by atomic mass is 16.5. The van der Waals surface area contributed by atoms with Gasteiger partial charge in [0.05, 0.1) is 38.3 Å². The maximum absolute atomic E-state index is 13.9. The number of aryl methyl sites for hydroxylation is 3. The van der Waals surface area contributed by atoms with Crippen molar-refractivity contribution in [3.05, 3.63) is 86.4 Å². The SMILES string of the molecule is COc1cc([C@H]2c3c(oc4cc(C)c(C)cc4c3=O)C(=O)N2c2cc(C)ccn2)cc(OC)c1OC. The van der Waals surface area contributed by atoms with Gasteiger partial charge in [0, 0.05) is 6.20 Å². The maximum Gasteiger partial charge on any atom is 0.296 e. The zero-order valence-electron chi connectivity index (χ0n) is 21.0. The molecule has 0 aliphatic carbocycles. The monoisotopic (exact) mass is 486 g/mol. The zero-order chi connectivity index (χ0) is 25.7. The van der Waals surface area contributed by atoms with Crippen LogP contribution in [0.15, 0.2) is 51.8 Å². The second-order valence-electron chi connectivity index (χ2n) is 8.83. The first-order chi connectivity index (χ1) is 17.3. The van der Waals surface area contributed by atoms with Gasteiger partial charge in [-0.1, -0.05) is 0 Å². The summed E-state index contributed by atoms with van der Waals surface area (Å²) in [6.45, 7) is 5.79. The minimum absolute atomic E-state index is 0.00203. The molecule has 8 heteroatoms. The number of pyridine rings is 1. The number of aromatic nitrogens is 1. The summed E-state index contributed by atoms with van der Waals surface area (Å²) in [5.74, 6) is 1.17. The number of methoxy groups -OCH3 is 3. The number of nitrogens with zero attached hydrogens (tertiary/aromatic N) is 2. The third-order valence-electron chi connectivity index (χ3n) is 6.64. The van der Waals surface area contributed by atoms with E-state index in [2.05, 4.69) is 4.98 Å². The Kier molecular flexibility index (Phi) is 5.67. The van der Waals surface area contributed by atoms with Crippen molar-refractivity contribution in [2.24, 2.45) is 0 Å². The average Bonchev–Trinajstić information content (AvgIpc) is 3.16.